The van der Waals surface area contributed by atoms with Crippen LogP contribution in [0.3, 0.4) is 0 Å². The van der Waals surface area contributed by atoms with E-state index in [-0.39, 0.29) is 5.96 Å². The van der Waals surface area contributed by atoms with E-state index in [1.165, 1.54) is 0 Å². The Bertz CT molecular complexity index is 772. The van der Waals surface area contributed by atoms with Crippen LogP contribution in [-0.2, 0) is 0 Å². The summed E-state index contributed by atoms with van der Waals surface area (Å²) < 4.78 is 12.4. The molecule has 2 rings (SSSR count). The Labute approximate surface area is 168 Å². The molecule has 0 unspecified atom stereocenters. The van der Waals surface area contributed by atoms with Gasteiger partial charge in [0, 0.05) is 20.1 Å². The fourth-order valence-corrected chi connectivity index (χ4v) is 2.62. The molecule has 0 heterocycles. The van der Waals surface area contributed by atoms with Crippen LogP contribution in [0.25, 0.3) is 0 Å². The lowest BCUT2D eigenvalue weighted by Gasteiger charge is -2.06. The Hall–Kier alpha value is -2.39. The van der Waals surface area contributed by atoms with Crippen molar-refractivity contribution in [2.24, 2.45) is 10.2 Å². The minimum atomic E-state index is -0.0790. The van der Waals surface area contributed by atoms with E-state index in [1.54, 1.807) is 26.6 Å². The summed E-state index contributed by atoms with van der Waals surface area (Å²) in [5.74, 6) is 1.26. The van der Waals surface area contributed by atoms with Gasteiger partial charge in [0.25, 0.3) is 0 Å². The number of hydrogen-bond acceptors (Lipinski definition) is 5. The van der Waals surface area contributed by atoms with Crippen molar-refractivity contribution in [3.05, 3.63) is 56.5 Å². The molecule has 0 aliphatic carbocycles. The summed E-state index contributed by atoms with van der Waals surface area (Å²) in [4.78, 5) is 0. The number of halogens is 2. The van der Waals surface area contributed by atoms with Crippen molar-refractivity contribution in [2.75, 3.05) is 14.2 Å². The summed E-state index contributed by atoms with van der Waals surface area (Å²) in [6.45, 7) is 0. The summed E-state index contributed by atoms with van der Waals surface area (Å²) >= 11 is 6.76. The highest BCUT2D eigenvalue weighted by Gasteiger charge is 2.02. The zero-order valence-corrected chi connectivity index (χ0v) is 17.3. The van der Waals surface area contributed by atoms with Gasteiger partial charge in [-0.05, 0) is 36.4 Å². The number of rotatable bonds is 6. The maximum atomic E-state index is 7.76. The molecule has 0 atom stereocenters. The average molecular weight is 483 g/mol. The van der Waals surface area contributed by atoms with Crippen molar-refractivity contribution in [3.8, 4) is 11.5 Å². The second-order valence-electron chi connectivity index (χ2n) is 4.89. The van der Waals surface area contributed by atoms with Crippen molar-refractivity contribution in [2.45, 2.75) is 0 Å². The number of benzene rings is 2. The number of guanidine groups is 1. The fraction of sp³-hybridized carbons (Fsp3) is 0.118. The highest BCUT2D eigenvalue weighted by atomic mass is 79.9. The fourth-order valence-electron chi connectivity index (χ4n) is 1.94. The molecule has 3 N–H and O–H groups in total. The Morgan fingerprint density at radius 2 is 1.31 bits per heavy atom. The lowest BCUT2D eigenvalue weighted by Crippen LogP contribution is -2.29. The van der Waals surface area contributed by atoms with Crippen LogP contribution in [0.15, 0.2) is 55.5 Å². The van der Waals surface area contributed by atoms with Gasteiger partial charge < -0.3 is 9.47 Å². The van der Waals surface area contributed by atoms with E-state index in [0.29, 0.717) is 11.5 Å². The van der Waals surface area contributed by atoms with E-state index >= 15 is 0 Å². The highest BCUT2D eigenvalue weighted by Crippen LogP contribution is 2.22. The lowest BCUT2D eigenvalue weighted by molar-refractivity contribution is 0.414. The standard InChI is InChI=1S/C17H17Br2N5O2/c1-25-15-7-13(18)5-3-11(15)9-21-23-17(20)24-22-10-12-4-6-14(19)8-16(12)26-2/h3-10H,1-2H3,(H3,20,23,24). The summed E-state index contributed by atoms with van der Waals surface area (Å²) in [7, 11) is 3.17. The average Bonchev–Trinajstić information content (AvgIpc) is 2.63. The van der Waals surface area contributed by atoms with E-state index in [9.17, 15) is 0 Å². The molecule has 0 amide bonds. The van der Waals surface area contributed by atoms with Gasteiger partial charge in [0.15, 0.2) is 0 Å². The van der Waals surface area contributed by atoms with E-state index in [4.69, 9.17) is 14.9 Å². The maximum absolute atomic E-state index is 7.76. The van der Waals surface area contributed by atoms with E-state index in [2.05, 4.69) is 52.9 Å². The smallest absolute Gasteiger partial charge is 0.230 e. The van der Waals surface area contributed by atoms with Gasteiger partial charge in [-0.3, -0.25) is 5.41 Å². The van der Waals surface area contributed by atoms with Crippen LogP contribution >= 0.6 is 31.9 Å². The van der Waals surface area contributed by atoms with Crippen LogP contribution in [0.2, 0.25) is 0 Å². The minimum absolute atomic E-state index is 0.0790. The molecule has 9 heteroatoms. The Balaban J connectivity index is 1.91. The van der Waals surface area contributed by atoms with E-state index in [0.717, 1.165) is 20.1 Å². The van der Waals surface area contributed by atoms with Gasteiger partial charge in [-0.25, -0.2) is 10.9 Å². The molecule has 2 aromatic rings. The van der Waals surface area contributed by atoms with Crippen LogP contribution in [0.4, 0.5) is 0 Å². The van der Waals surface area contributed by atoms with Gasteiger partial charge >= 0.3 is 0 Å². The summed E-state index contributed by atoms with van der Waals surface area (Å²) in [6, 6.07) is 11.1. The molecule has 26 heavy (non-hydrogen) atoms. The molecule has 0 saturated heterocycles. The molecule has 2 aromatic carbocycles. The molecular formula is C17H17Br2N5O2. The van der Waals surface area contributed by atoms with Gasteiger partial charge in [0.05, 0.1) is 26.6 Å². The summed E-state index contributed by atoms with van der Waals surface area (Å²) in [6.07, 6.45) is 3.12. The number of hydrogen-bond donors (Lipinski definition) is 3. The topological polar surface area (TPSA) is 91.1 Å². The number of hydrazone groups is 2. The molecule has 0 aromatic heterocycles. The Morgan fingerprint density at radius 1 is 0.885 bits per heavy atom. The summed E-state index contributed by atoms with van der Waals surface area (Å²) in [5.41, 5.74) is 6.64. The normalized spacial score (nSPS) is 10.9. The van der Waals surface area contributed by atoms with E-state index in [1.807, 2.05) is 36.4 Å². The van der Waals surface area contributed by atoms with Gasteiger partial charge in [0.1, 0.15) is 11.5 Å². The zero-order chi connectivity index (χ0) is 18.9. The molecule has 0 aliphatic rings. The van der Waals surface area contributed by atoms with E-state index < -0.39 is 0 Å². The van der Waals surface area contributed by atoms with Crippen LogP contribution in [0.5, 0.6) is 11.5 Å². The van der Waals surface area contributed by atoms with Crippen LogP contribution in [-0.4, -0.2) is 32.6 Å². The van der Waals surface area contributed by atoms with Crippen LogP contribution < -0.4 is 20.3 Å². The second kappa shape index (κ2) is 9.93. The van der Waals surface area contributed by atoms with Gasteiger partial charge in [-0.15, -0.1) is 0 Å². The lowest BCUT2D eigenvalue weighted by atomic mass is 10.2. The molecular weight excluding hydrogens is 466 g/mol. The van der Waals surface area contributed by atoms with Crippen LogP contribution in [0.1, 0.15) is 11.1 Å². The molecule has 0 radical (unpaired) electrons. The molecule has 0 spiro atoms. The summed E-state index contributed by atoms with van der Waals surface area (Å²) in [5, 5.41) is 15.7. The number of nitrogens with zero attached hydrogens (tertiary/aromatic N) is 2. The Morgan fingerprint density at radius 3 is 1.69 bits per heavy atom. The highest BCUT2D eigenvalue weighted by molar-refractivity contribution is 9.10. The molecule has 0 saturated carbocycles. The second-order valence-corrected chi connectivity index (χ2v) is 6.72. The van der Waals surface area contributed by atoms with Crippen molar-refractivity contribution in [1.29, 1.82) is 5.41 Å². The van der Waals surface area contributed by atoms with Gasteiger partial charge in [0.2, 0.25) is 5.96 Å². The first-order valence-electron chi connectivity index (χ1n) is 7.37. The van der Waals surface area contributed by atoms with Crippen LogP contribution in [0, 0.1) is 5.41 Å². The number of methoxy groups -OCH3 is 2. The number of ether oxygens (including phenoxy) is 2. The molecule has 7 nitrogen and oxygen atoms in total. The molecule has 0 aliphatic heterocycles. The number of nitrogens with one attached hydrogen (secondary N) is 3. The largest absolute Gasteiger partial charge is 0.496 e. The molecule has 0 bridgehead atoms. The van der Waals surface area contributed by atoms with Crippen molar-refractivity contribution >= 4 is 50.2 Å². The predicted molar refractivity (Wildman–Crippen MR) is 111 cm³/mol. The third kappa shape index (κ3) is 5.85. The first-order valence-corrected chi connectivity index (χ1v) is 8.96. The van der Waals surface area contributed by atoms with Gasteiger partial charge in [-0.1, -0.05) is 31.9 Å². The van der Waals surface area contributed by atoms with Crippen molar-refractivity contribution in [3.63, 3.8) is 0 Å². The Kier molecular flexibility index (Phi) is 7.61. The van der Waals surface area contributed by atoms with Crippen molar-refractivity contribution in [1.82, 2.24) is 10.9 Å². The third-order valence-electron chi connectivity index (χ3n) is 3.15. The first kappa shape index (κ1) is 19.9. The minimum Gasteiger partial charge on any atom is -0.496 e. The SMILES string of the molecule is COc1cc(Br)ccc1C=NNC(=N)NN=Cc1ccc(Br)cc1OC. The quantitative estimate of drug-likeness (QED) is 0.332. The zero-order valence-electron chi connectivity index (χ0n) is 14.1. The molecule has 0 fully saturated rings. The predicted octanol–water partition coefficient (Wildman–Crippen LogP) is 3.71. The third-order valence-corrected chi connectivity index (χ3v) is 4.14. The van der Waals surface area contributed by atoms with Gasteiger partial charge in [-0.2, -0.15) is 10.2 Å². The first-order chi connectivity index (χ1) is 12.5. The monoisotopic (exact) mass is 481 g/mol. The van der Waals surface area contributed by atoms with Crippen molar-refractivity contribution < 1.29 is 9.47 Å². The maximum Gasteiger partial charge on any atom is 0.230 e. The molecule has 136 valence electrons.